The van der Waals surface area contributed by atoms with E-state index < -0.39 is 12.0 Å². The molecule has 1 aromatic carbocycles. The Balaban J connectivity index is 2.49. The maximum absolute atomic E-state index is 11.9. The van der Waals surface area contributed by atoms with Crippen molar-refractivity contribution in [2.45, 2.75) is 19.4 Å². The zero-order valence-electron chi connectivity index (χ0n) is 8.43. The van der Waals surface area contributed by atoms with Crippen LogP contribution in [0, 0.1) is 5.92 Å². The van der Waals surface area contributed by atoms with Crippen molar-refractivity contribution >= 4 is 11.6 Å². The second-order valence-corrected chi connectivity index (χ2v) is 3.88. The van der Waals surface area contributed by atoms with Gasteiger partial charge >= 0.3 is 0 Å². The number of carbonyl (C=O) groups excluding carboxylic acids is 2. The van der Waals surface area contributed by atoms with Crippen molar-refractivity contribution in [3.8, 4) is 0 Å². The Labute approximate surface area is 87.7 Å². The molecule has 0 saturated heterocycles. The average Bonchev–Trinajstić information content (AvgIpc) is 2.23. The van der Waals surface area contributed by atoms with Gasteiger partial charge in [0.05, 0.1) is 12.0 Å². The Kier molecular flexibility index (Phi) is 2.40. The van der Waals surface area contributed by atoms with E-state index in [1.807, 2.05) is 0 Å². The molecule has 2 rings (SSSR count). The summed E-state index contributed by atoms with van der Waals surface area (Å²) in [6.45, 7) is 1.55. The molecule has 15 heavy (non-hydrogen) atoms. The molecule has 3 nitrogen and oxygen atoms in total. The van der Waals surface area contributed by atoms with E-state index >= 15 is 0 Å². The number of hydrogen-bond donors (Lipinski definition) is 1. The van der Waals surface area contributed by atoms with Crippen molar-refractivity contribution < 1.29 is 14.7 Å². The van der Waals surface area contributed by atoms with Gasteiger partial charge in [-0.2, -0.15) is 0 Å². The molecule has 1 aromatic rings. The molecule has 0 aromatic heterocycles. The van der Waals surface area contributed by atoms with Crippen LogP contribution in [0.3, 0.4) is 0 Å². The summed E-state index contributed by atoms with van der Waals surface area (Å²) in [5.74, 6) is -0.760. The number of aliphatic hydroxyl groups is 1. The van der Waals surface area contributed by atoms with Gasteiger partial charge in [-0.3, -0.25) is 9.59 Å². The fourth-order valence-corrected chi connectivity index (χ4v) is 1.93. The molecule has 2 atom stereocenters. The van der Waals surface area contributed by atoms with Crippen molar-refractivity contribution in [3.63, 3.8) is 0 Å². The third-order valence-electron chi connectivity index (χ3n) is 2.82. The van der Waals surface area contributed by atoms with E-state index in [-0.39, 0.29) is 18.0 Å². The van der Waals surface area contributed by atoms with Crippen LogP contribution >= 0.6 is 0 Å². The van der Waals surface area contributed by atoms with Gasteiger partial charge in [0.25, 0.3) is 0 Å². The second-order valence-electron chi connectivity index (χ2n) is 3.88. The van der Waals surface area contributed by atoms with E-state index in [4.69, 9.17) is 0 Å². The Hall–Kier alpha value is -1.48. The molecule has 3 heteroatoms. The summed E-state index contributed by atoms with van der Waals surface area (Å²) >= 11 is 0. The lowest BCUT2D eigenvalue weighted by molar-refractivity contribution is 0.0633. The van der Waals surface area contributed by atoms with Gasteiger partial charge in [-0.25, -0.2) is 0 Å². The van der Waals surface area contributed by atoms with Gasteiger partial charge in [-0.1, -0.05) is 24.3 Å². The van der Waals surface area contributed by atoms with Gasteiger partial charge in [0.2, 0.25) is 0 Å². The average molecular weight is 204 g/mol. The molecule has 2 unspecified atom stereocenters. The van der Waals surface area contributed by atoms with Crippen LogP contribution in [-0.4, -0.2) is 22.8 Å². The highest BCUT2D eigenvalue weighted by atomic mass is 16.3. The van der Waals surface area contributed by atoms with Gasteiger partial charge in [-0.15, -0.1) is 0 Å². The zero-order valence-corrected chi connectivity index (χ0v) is 8.43. The van der Waals surface area contributed by atoms with Crippen LogP contribution < -0.4 is 0 Å². The van der Waals surface area contributed by atoms with Crippen LogP contribution in [-0.2, 0) is 0 Å². The molecule has 0 spiro atoms. The van der Waals surface area contributed by atoms with Crippen LogP contribution in [0.4, 0.5) is 0 Å². The summed E-state index contributed by atoms with van der Waals surface area (Å²) in [5, 5.41) is 9.42. The SMILES string of the molecule is CC(O)C1CC(=O)c2ccccc2C1=O. The minimum atomic E-state index is -0.769. The molecular weight excluding hydrogens is 192 g/mol. The fourth-order valence-electron chi connectivity index (χ4n) is 1.93. The van der Waals surface area contributed by atoms with Crippen LogP contribution in [0.15, 0.2) is 24.3 Å². The highest BCUT2D eigenvalue weighted by Crippen LogP contribution is 2.27. The molecule has 0 saturated carbocycles. The standard InChI is InChI=1S/C12H12O3/c1-7(13)10-6-11(14)8-4-2-3-5-9(8)12(10)15/h2-5,7,10,13H,6H2,1H3. The van der Waals surface area contributed by atoms with Crippen LogP contribution in [0.5, 0.6) is 0 Å². The lowest BCUT2D eigenvalue weighted by atomic mass is 9.79. The maximum atomic E-state index is 11.9. The second kappa shape index (κ2) is 3.59. The monoisotopic (exact) mass is 204 g/mol. The van der Waals surface area contributed by atoms with Gasteiger partial charge in [0.1, 0.15) is 0 Å². The van der Waals surface area contributed by atoms with Crippen molar-refractivity contribution in [2.24, 2.45) is 5.92 Å². The molecule has 1 aliphatic carbocycles. The van der Waals surface area contributed by atoms with Crippen molar-refractivity contribution in [2.75, 3.05) is 0 Å². The maximum Gasteiger partial charge on any atom is 0.169 e. The van der Waals surface area contributed by atoms with Gasteiger partial charge in [0.15, 0.2) is 11.6 Å². The first-order valence-corrected chi connectivity index (χ1v) is 4.95. The smallest absolute Gasteiger partial charge is 0.169 e. The van der Waals surface area contributed by atoms with E-state index in [0.717, 1.165) is 0 Å². The first-order valence-electron chi connectivity index (χ1n) is 4.95. The van der Waals surface area contributed by atoms with E-state index in [1.54, 1.807) is 31.2 Å². The Morgan fingerprint density at radius 3 is 2.47 bits per heavy atom. The third-order valence-corrected chi connectivity index (χ3v) is 2.82. The molecule has 78 valence electrons. The molecule has 0 radical (unpaired) electrons. The molecule has 0 fully saturated rings. The van der Waals surface area contributed by atoms with Gasteiger partial charge in [-0.05, 0) is 6.92 Å². The summed E-state index contributed by atoms with van der Waals surface area (Å²) in [6, 6.07) is 6.78. The lowest BCUT2D eigenvalue weighted by Gasteiger charge is -2.24. The van der Waals surface area contributed by atoms with E-state index in [1.165, 1.54) is 0 Å². The molecule has 1 N–H and O–H groups in total. The summed E-state index contributed by atoms with van der Waals surface area (Å²) in [7, 11) is 0. The van der Waals surface area contributed by atoms with Crippen LogP contribution in [0.2, 0.25) is 0 Å². The molecule has 0 bridgehead atoms. The van der Waals surface area contributed by atoms with Crippen LogP contribution in [0.1, 0.15) is 34.1 Å². The molecule has 0 amide bonds. The Morgan fingerprint density at radius 2 is 1.87 bits per heavy atom. The van der Waals surface area contributed by atoms with Gasteiger partial charge in [0, 0.05) is 17.5 Å². The zero-order chi connectivity index (χ0) is 11.0. The van der Waals surface area contributed by atoms with Crippen molar-refractivity contribution in [1.82, 2.24) is 0 Å². The van der Waals surface area contributed by atoms with Crippen molar-refractivity contribution in [3.05, 3.63) is 35.4 Å². The first-order chi connectivity index (χ1) is 7.11. The number of rotatable bonds is 1. The van der Waals surface area contributed by atoms with E-state index in [9.17, 15) is 14.7 Å². The number of benzene rings is 1. The minimum absolute atomic E-state index is 0.0592. The number of Topliss-reactive ketones (excluding diaryl/α,β-unsaturated/α-hetero) is 2. The number of fused-ring (bicyclic) bond motifs is 1. The first kappa shape index (κ1) is 10.1. The molecule has 1 aliphatic rings. The summed E-state index contributed by atoms with van der Waals surface area (Å²) in [4.78, 5) is 23.6. The van der Waals surface area contributed by atoms with Gasteiger partial charge < -0.3 is 5.11 Å². The summed E-state index contributed by atoms with van der Waals surface area (Å²) in [6.07, 6.45) is -0.650. The highest BCUT2D eigenvalue weighted by Gasteiger charge is 2.34. The summed E-state index contributed by atoms with van der Waals surface area (Å²) < 4.78 is 0. The van der Waals surface area contributed by atoms with E-state index in [2.05, 4.69) is 0 Å². The minimum Gasteiger partial charge on any atom is -0.393 e. The molecule has 0 heterocycles. The highest BCUT2D eigenvalue weighted by molar-refractivity contribution is 6.15. The third kappa shape index (κ3) is 1.59. The number of aliphatic hydroxyl groups excluding tert-OH is 1. The van der Waals surface area contributed by atoms with E-state index in [0.29, 0.717) is 11.1 Å². The normalized spacial score (nSPS) is 22.4. The number of hydrogen-bond acceptors (Lipinski definition) is 3. The Morgan fingerprint density at radius 1 is 1.27 bits per heavy atom. The van der Waals surface area contributed by atoms with Crippen LogP contribution in [0.25, 0.3) is 0 Å². The largest absolute Gasteiger partial charge is 0.393 e. The summed E-state index contributed by atoms with van der Waals surface area (Å²) in [5.41, 5.74) is 0.930. The molecule has 0 aliphatic heterocycles. The topological polar surface area (TPSA) is 54.4 Å². The molecular formula is C12H12O3. The lowest BCUT2D eigenvalue weighted by Crippen LogP contribution is -2.33. The quantitative estimate of drug-likeness (QED) is 0.753. The van der Waals surface area contributed by atoms with Crippen molar-refractivity contribution in [1.29, 1.82) is 0 Å². The fraction of sp³-hybridized carbons (Fsp3) is 0.333. The number of ketones is 2. The number of carbonyl (C=O) groups is 2. The predicted octanol–water partition coefficient (Wildman–Crippen LogP) is 1.45. The predicted molar refractivity (Wildman–Crippen MR) is 54.9 cm³/mol. The Bertz CT molecular complexity index is 421.